The first-order chi connectivity index (χ1) is 19.9. The summed E-state index contributed by atoms with van der Waals surface area (Å²) in [7, 11) is 1.59. The molecule has 10 heteroatoms. The maximum atomic E-state index is 11.1. The van der Waals surface area contributed by atoms with Crippen LogP contribution in [0.15, 0.2) is 73.2 Å². The topological polar surface area (TPSA) is 113 Å². The number of anilines is 2. The maximum absolute atomic E-state index is 11.1. The van der Waals surface area contributed by atoms with Crippen molar-refractivity contribution in [1.29, 1.82) is 0 Å². The number of pyridine rings is 2. The van der Waals surface area contributed by atoms with Gasteiger partial charge in [-0.1, -0.05) is 48.0 Å². The number of nitrogens with zero attached hydrogens (tertiary/aromatic N) is 5. The Balaban J connectivity index is 1.30. The summed E-state index contributed by atoms with van der Waals surface area (Å²) >= 11 is 7.04. The van der Waals surface area contributed by atoms with E-state index in [0.717, 1.165) is 39.0 Å². The number of carboxylic acids is 1. The third-order valence-corrected chi connectivity index (χ3v) is 7.78. The highest BCUT2D eigenvalue weighted by molar-refractivity contribution is 6.36. The fourth-order valence-corrected chi connectivity index (χ4v) is 5.45. The molecule has 5 aromatic rings. The van der Waals surface area contributed by atoms with Crippen LogP contribution in [0.3, 0.4) is 0 Å². The van der Waals surface area contributed by atoms with Crippen LogP contribution >= 0.6 is 11.6 Å². The van der Waals surface area contributed by atoms with Crippen LogP contribution in [0.5, 0.6) is 5.88 Å². The highest BCUT2D eigenvalue weighted by atomic mass is 35.5. The summed E-state index contributed by atoms with van der Waals surface area (Å²) in [6.45, 7) is 3.65. The van der Waals surface area contributed by atoms with Gasteiger partial charge >= 0.3 is 5.97 Å². The highest BCUT2D eigenvalue weighted by Crippen LogP contribution is 2.40. The number of fused-ring (bicyclic) bond motifs is 1. The molecule has 0 radical (unpaired) electrons. The lowest BCUT2D eigenvalue weighted by Gasteiger charge is -2.36. The molecule has 0 bridgehead atoms. The minimum atomic E-state index is -0.757. The van der Waals surface area contributed by atoms with Gasteiger partial charge in [-0.2, -0.15) is 0 Å². The lowest BCUT2D eigenvalue weighted by Crippen LogP contribution is -2.49. The minimum absolute atomic E-state index is 0.316. The first-order valence-electron chi connectivity index (χ1n) is 13.1. The van der Waals surface area contributed by atoms with E-state index in [-0.39, 0.29) is 5.92 Å². The van der Waals surface area contributed by atoms with E-state index in [0.29, 0.717) is 47.6 Å². The van der Waals surface area contributed by atoms with Crippen LogP contribution < -0.4 is 10.1 Å². The molecule has 3 aromatic heterocycles. The van der Waals surface area contributed by atoms with Gasteiger partial charge in [-0.25, -0.2) is 15.0 Å². The van der Waals surface area contributed by atoms with Gasteiger partial charge in [0.05, 0.1) is 29.3 Å². The zero-order valence-electron chi connectivity index (χ0n) is 22.5. The van der Waals surface area contributed by atoms with Crippen molar-refractivity contribution in [2.75, 3.05) is 25.5 Å². The number of halogens is 1. The molecule has 1 fully saturated rings. The SMILES string of the molecule is COc1nc(-c2cccc(-c3cccc(Nc4nccc5nccnc45)c3C)c2Cl)ccc1CN1CC(C(=O)O)C1. The Kier molecular flexibility index (Phi) is 7.21. The Morgan fingerprint density at radius 1 is 1.00 bits per heavy atom. The number of likely N-dealkylation sites (tertiary alicyclic amines) is 1. The van der Waals surface area contributed by atoms with Gasteiger partial charge in [-0.3, -0.25) is 14.7 Å². The molecule has 0 unspecified atom stereocenters. The van der Waals surface area contributed by atoms with Crippen LogP contribution in [-0.2, 0) is 11.3 Å². The van der Waals surface area contributed by atoms with E-state index in [1.807, 2.05) is 61.5 Å². The van der Waals surface area contributed by atoms with E-state index >= 15 is 0 Å². The molecule has 4 heterocycles. The Labute approximate surface area is 241 Å². The standard InChI is InChI=1S/C31H27ClN6O3/c1-18-21(5-4-8-24(18)36-29-28-26(11-12-35-29)33-13-14-34-28)22-6-3-7-23(27(22)32)25-10-9-19(30(37-25)41-2)15-38-16-20(17-38)31(39)40/h3-14,20H,15-17H2,1-2H3,(H,35,36)(H,39,40). The number of aromatic nitrogens is 4. The second kappa shape index (κ2) is 11.1. The second-order valence-electron chi connectivity index (χ2n) is 9.95. The molecule has 1 aliphatic rings. The second-order valence-corrected chi connectivity index (χ2v) is 10.3. The lowest BCUT2D eigenvalue weighted by molar-refractivity contribution is -0.147. The Morgan fingerprint density at radius 2 is 1.76 bits per heavy atom. The number of ether oxygens (including phenoxy) is 1. The fraction of sp³-hybridized carbons (Fsp3) is 0.194. The summed E-state index contributed by atoms with van der Waals surface area (Å²) in [5, 5.41) is 13.2. The summed E-state index contributed by atoms with van der Waals surface area (Å²) in [6.07, 6.45) is 5.02. The number of benzene rings is 2. The fourth-order valence-electron chi connectivity index (χ4n) is 5.13. The first kappa shape index (κ1) is 26.6. The normalized spacial score (nSPS) is 13.6. The lowest BCUT2D eigenvalue weighted by atomic mass is 9.96. The average molecular weight is 567 g/mol. The smallest absolute Gasteiger partial charge is 0.309 e. The van der Waals surface area contributed by atoms with E-state index in [4.69, 9.17) is 26.4 Å². The largest absolute Gasteiger partial charge is 0.481 e. The van der Waals surface area contributed by atoms with E-state index in [9.17, 15) is 4.79 Å². The van der Waals surface area contributed by atoms with Crippen molar-refractivity contribution in [1.82, 2.24) is 24.8 Å². The average Bonchev–Trinajstić information content (AvgIpc) is 2.96. The zero-order chi connectivity index (χ0) is 28.5. The summed E-state index contributed by atoms with van der Waals surface area (Å²) in [5.41, 5.74) is 7.57. The molecule has 206 valence electrons. The number of hydrogen-bond donors (Lipinski definition) is 2. The Morgan fingerprint density at radius 3 is 2.56 bits per heavy atom. The van der Waals surface area contributed by atoms with Crippen LogP contribution in [0.1, 0.15) is 11.1 Å². The van der Waals surface area contributed by atoms with Crippen LogP contribution in [0.4, 0.5) is 11.5 Å². The summed E-state index contributed by atoms with van der Waals surface area (Å²) < 4.78 is 5.61. The van der Waals surface area contributed by atoms with E-state index in [1.165, 1.54) is 0 Å². The monoisotopic (exact) mass is 566 g/mol. The molecule has 6 rings (SSSR count). The van der Waals surface area contributed by atoms with Gasteiger partial charge in [0.15, 0.2) is 5.82 Å². The summed E-state index contributed by atoms with van der Waals surface area (Å²) in [6, 6.07) is 17.6. The molecule has 1 saturated heterocycles. The summed E-state index contributed by atoms with van der Waals surface area (Å²) in [5.74, 6) is 0.0517. The number of methoxy groups -OCH3 is 1. The maximum Gasteiger partial charge on any atom is 0.309 e. The van der Waals surface area contributed by atoms with E-state index in [1.54, 1.807) is 25.7 Å². The highest BCUT2D eigenvalue weighted by Gasteiger charge is 2.32. The number of hydrogen-bond acceptors (Lipinski definition) is 8. The predicted molar refractivity (Wildman–Crippen MR) is 158 cm³/mol. The van der Waals surface area contributed by atoms with Gasteiger partial charge in [-0.15, -0.1) is 0 Å². The van der Waals surface area contributed by atoms with Gasteiger partial charge in [-0.05, 0) is 36.2 Å². The van der Waals surface area contributed by atoms with Crippen molar-refractivity contribution in [3.05, 3.63) is 89.3 Å². The minimum Gasteiger partial charge on any atom is -0.481 e. The molecule has 0 atom stereocenters. The molecule has 0 saturated carbocycles. The van der Waals surface area contributed by atoms with Crippen molar-refractivity contribution in [2.45, 2.75) is 13.5 Å². The molecule has 41 heavy (non-hydrogen) atoms. The molecule has 0 aliphatic carbocycles. The zero-order valence-corrected chi connectivity index (χ0v) is 23.3. The van der Waals surface area contributed by atoms with Crippen LogP contribution in [0, 0.1) is 12.8 Å². The molecule has 2 N–H and O–H groups in total. The third-order valence-electron chi connectivity index (χ3n) is 7.37. The molecule has 1 aliphatic heterocycles. The van der Waals surface area contributed by atoms with Crippen molar-refractivity contribution in [3.63, 3.8) is 0 Å². The third kappa shape index (κ3) is 5.17. The first-order valence-corrected chi connectivity index (χ1v) is 13.5. The van der Waals surface area contributed by atoms with E-state index < -0.39 is 5.97 Å². The predicted octanol–water partition coefficient (Wildman–Crippen LogP) is 5.98. The van der Waals surface area contributed by atoms with Crippen LogP contribution in [0.25, 0.3) is 33.4 Å². The molecule has 0 amide bonds. The molecular formula is C31H27ClN6O3. The number of carbonyl (C=O) groups is 1. The van der Waals surface area contributed by atoms with Gasteiger partial charge in [0.25, 0.3) is 0 Å². The van der Waals surface area contributed by atoms with Gasteiger partial charge in [0, 0.05) is 60.6 Å². The van der Waals surface area contributed by atoms with E-state index in [2.05, 4.69) is 25.2 Å². The van der Waals surface area contributed by atoms with Crippen molar-refractivity contribution >= 4 is 40.1 Å². The van der Waals surface area contributed by atoms with Crippen LogP contribution in [0.2, 0.25) is 5.02 Å². The number of nitrogens with one attached hydrogen (secondary N) is 1. The number of carboxylic acid groups (broad SMARTS) is 1. The molecule has 2 aromatic carbocycles. The van der Waals surface area contributed by atoms with Gasteiger partial charge in [0.2, 0.25) is 5.88 Å². The molecule has 0 spiro atoms. The Hall–Kier alpha value is -4.60. The van der Waals surface area contributed by atoms with Crippen molar-refractivity contribution in [3.8, 4) is 28.3 Å². The molecule has 9 nitrogen and oxygen atoms in total. The van der Waals surface area contributed by atoms with Gasteiger partial charge in [0.1, 0.15) is 5.52 Å². The quantitative estimate of drug-likeness (QED) is 0.234. The molecular weight excluding hydrogens is 540 g/mol. The summed E-state index contributed by atoms with van der Waals surface area (Å²) in [4.78, 5) is 31.3. The Bertz CT molecular complexity index is 1770. The number of aliphatic carboxylic acids is 1. The van der Waals surface area contributed by atoms with Crippen molar-refractivity contribution < 1.29 is 14.6 Å². The van der Waals surface area contributed by atoms with Gasteiger partial charge < -0.3 is 15.2 Å². The van der Waals surface area contributed by atoms with Crippen molar-refractivity contribution in [2.24, 2.45) is 5.92 Å². The van der Waals surface area contributed by atoms with Crippen LogP contribution in [-0.4, -0.2) is 56.1 Å². The number of rotatable bonds is 8.